The first-order chi connectivity index (χ1) is 8.16. The van der Waals surface area contributed by atoms with Crippen molar-refractivity contribution in [3.05, 3.63) is 16.8 Å². The van der Waals surface area contributed by atoms with Crippen molar-refractivity contribution in [3.63, 3.8) is 0 Å². The molecule has 0 saturated carbocycles. The van der Waals surface area contributed by atoms with Crippen LogP contribution in [0.3, 0.4) is 0 Å². The lowest BCUT2D eigenvalue weighted by Crippen LogP contribution is -2.49. The van der Waals surface area contributed by atoms with Crippen molar-refractivity contribution in [2.75, 3.05) is 25.0 Å². The van der Waals surface area contributed by atoms with Crippen LogP contribution in [0, 0.1) is 0 Å². The maximum absolute atomic E-state index is 11.8. The van der Waals surface area contributed by atoms with Crippen molar-refractivity contribution in [2.45, 2.75) is 6.10 Å². The van der Waals surface area contributed by atoms with Crippen molar-refractivity contribution < 1.29 is 19.4 Å². The number of carbonyl (C=O) groups excluding carboxylic acids is 1. The molecule has 1 saturated heterocycles. The minimum Gasteiger partial charge on any atom is -0.479 e. The Morgan fingerprint density at radius 2 is 2.41 bits per heavy atom. The van der Waals surface area contributed by atoms with Gasteiger partial charge in [0.15, 0.2) is 6.10 Å². The highest BCUT2D eigenvalue weighted by atomic mass is 32.1. The molecule has 1 aliphatic heterocycles. The number of carbonyl (C=O) groups is 2. The molecule has 0 spiro atoms. The molecule has 7 heteroatoms. The van der Waals surface area contributed by atoms with Crippen LogP contribution in [-0.2, 0) is 9.53 Å². The van der Waals surface area contributed by atoms with Crippen molar-refractivity contribution in [1.29, 1.82) is 0 Å². The number of hydrogen-bond donors (Lipinski definition) is 2. The highest BCUT2D eigenvalue weighted by molar-refractivity contribution is 7.08. The predicted molar refractivity (Wildman–Crippen MR) is 62.3 cm³/mol. The van der Waals surface area contributed by atoms with Gasteiger partial charge in [-0.1, -0.05) is 0 Å². The quantitative estimate of drug-likeness (QED) is 0.829. The average Bonchev–Trinajstić information content (AvgIpc) is 2.82. The summed E-state index contributed by atoms with van der Waals surface area (Å²) in [5, 5.41) is 15.2. The summed E-state index contributed by atoms with van der Waals surface area (Å²) in [4.78, 5) is 24.0. The molecule has 1 aromatic rings. The van der Waals surface area contributed by atoms with Crippen LogP contribution >= 0.6 is 11.3 Å². The van der Waals surface area contributed by atoms with Crippen LogP contribution in [0.1, 0.15) is 0 Å². The third-order valence-electron chi connectivity index (χ3n) is 2.40. The molecule has 0 aliphatic carbocycles. The van der Waals surface area contributed by atoms with E-state index in [1.165, 1.54) is 16.2 Å². The van der Waals surface area contributed by atoms with Crippen LogP contribution < -0.4 is 5.32 Å². The Morgan fingerprint density at radius 3 is 3.06 bits per heavy atom. The van der Waals surface area contributed by atoms with E-state index in [1.807, 2.05) is 10.8 Å². The first-order valence-electron chi connectivity index (χ1n) is 5.09. The number of urea groups is 1. The zero-order valence-electron chi connectivity index (χ0n) is 8.96. The summed E-state index contributed by atoms with van der Waals surface area (Å²) in [6.45, 7) is 0.721. The van der Waals surface area contributed by atoms with E-state index in [1.54, 1.807) is 6.07 Å². The van der Waals surface area contributed by atoms with Gasteiger partial charge in [0.05, 0.1) is 18.8 Å². The van der Waals surface area contributed by atoms with Crippen LogP contribution in [-0.4, -0.2) is 47.8 Å². The number of morpholine rings is 1. The summed E-state index contributed by atoms with van der Waals surface area (Å²) in [6.07, 6.45) is -0.933. The van der Waals surface area contributed by atoms with Gasteiger partial charge in [-0.15, -0.1) is 0 Å². The maximum Gasteiger partial charge on any atom is 0.334 e. The first kappa shape index (κ1) is 11.9. The first-order valence-corrected chi connectivity index (χ1v) is 6.03. The monoisotopic (exact) mass is 256 g/mol. The summed E-state index contributed by atoms with van der Waals surface area (Å²) in [7, 11) is 0. The SMILES string of the molecule is O=C(O)C1CN(C(=O)Nc2ccsc2)CCO1. The molecule has 2 amide bonds. The van der Waals surface area contributed by atoms with E-state index in [0.29, 0.717) is 6.54 Å². The van der Waals surface area contributed by atoms with E-state index in [0.717, 1.165) is 5.69 Å². The largest absolute Gasteiger partial charge is 0.479 e. The summed E-state index contributed by atoms with van der Waals surface area (Å²) in [5.74, 6) is -1.04. The second-order valence-corrected chi connectivity index (χ2v) is 4.37. The molecule has 1 unspecified atom stereocenters. The van der Waals surface area contributed by atoms with Gasteiger partial charge in [-0.3, -0.25) is 0 Å². The van der Waals surface area contributed by atoms with E-state index in [-0.39, 0.29) is 19.2 Å². The second kappa shape index (κ2) is 5.15. The van der Waals surface area contributed by atoms with Gasteiger partial charge in [-0.2, -0.15) is 11.3 Å². The molecule has 0 radical (unpaired) electrons. The van der Waals surface area contributed by atoms with Crippen molar-refractivity contribution in [1.82, 2.24) is 4.90 Å². The lowest BCUT2D eigenvalue weighted by atomic mass is 10.3. The van der Waals surface area contributed by atoms with Gasteiger partial charge in [0.25, 0.3) is 0 Å². The normalized spacial score (nSPS) is 20.0. The number of aliphatic carboxylic acids is 1. The number of anilines is 1. The van der Waals surface area contributed by atoms with Crippen molar-refractivity contribution in [2.24, 2.45) is 0 Å². The molecule has 1 atom stereocenters. The van der Waals surface area contributed by atoms with E-state index < -0.39 is 12.1 Å². The molecule has 2 rings (SSSR count). The lowest BCUT2D eigenvalue weighted by molar-refractivity contribution is -0.154. The van der Waals surface area contributed by atoms with E-state index in [4.69, 9.17) is 9.84 Å². The number of hydrogen-bond acceptors (Lipinski definition) is 4. The fourth-order valence-electron chi connectivity index (χ4n) is 1.52. The smallest absolute Gasteiger partial charge is 0.334 e. The fourth-order valence-corrected chi connectivity index (χ4v) is 2.11. The van der Waals surface area contributed by atoms with Gasteiger partial charge in [0.2, 0.25) is 0 Å². The molecule has 92 valence electrons. The lowest BCUT2D eigenvalue weighted by Gasteiger charge is -2.30. The molecule has 17 heavy (non-hydrogen) atoms. The number of nitrogens with zero attached hydrogens (tertiary/aromatic N) is 1. The molecule has 6 nitrogen and oxygen atoms in total. The van der Waals surface area contributed by atoms with Crippen molar-refractivity contribution >= 4 is 29.0 Å². The van der Waals surface area contributed by atoms with Gasteiger partial charge in [0.1, 0.15) is 0 Å². The van der Waals surface area contributed by atoms with Crippen LogP contribution in [0.5, 0.6) is 0 Å². The van der Waals surface area contributed by atoms with Crippen LogP contribution in [0.25, 0.3) is 0 Å². The molecule has 2 N–H and O–H groups in total. The summed E-state index contributed by atoms with van der Waals surface area (Å²) < 4.78 is 5.04. The van der Waals surface area contributed by atoms with Crippen LogP contribution in [0.4, 0.5) is 10.5 Å². The van der Waals surface area contributed by atoms with E-state index in [9.17, 15) is 9.59 Å². The third-order valence-corrected chi connectivity index (χ3v) is 3.08. The van der Waals surface area contributed by atoms with E-state index in [2.05, 4.69) is 5.32 Å². The Labute approximate surface area is 102 Å². The zero-order chi connectivity index (χ0) is 12.3. The minimum atomic E-state index is -1.04. The number of amides is 2. The summed E-state index contributed by atoms with van der Waals surface area (Å²) in [5.41, 5.74) is 0.721. The number of nitrogens with one attached hydrogen (secondary N) is 1. The summed E-state index contributed by atoms with van der Waals surface area (Å²) >= 11 is 1.48. The molecule has 1 fully saturated rings. The average molecular weight is 256 g/mol. The zero-order valence-corrected chi connectivity index (χ0v) is 9.77. The molecular formula is C10H12N2O4S. The highest BCUT2D eigenvalue weighted by Gasteiger charge is 2.28. The predicted octanol–water partition coefficient (Wildman–Crippen LogP) is 1.07. The standard InChI is InChI=1S/C10H12N2O4S/c13-9(14)8-5-12(2-3-16-8)10(15)11-7-1-4-17-6-7/h1,4,6,8H,2-3,5H2,(H,11,15)(H,13,14). The topological polar surface area (TPSA) is 78.9 Å². The third kappa shape index (κ3) is 2.95. The Kier molecular flexibility index (Phi) is 3.60. The molecule has 2 heterocycles. The fraction of sp³-hybridized carbons (Fsp3) is 0.400. The minimum absolute atomic E-state index is 0.0747. The number of carboxylic acids is 1. The number of rotatable bonds is 2. The highest BCUT2D eigenvalue weighted by Crippen LogP contribution is 2.14. The Hall–Kier alpha value is -1.60. The van der Waals surface area contributed by atoms with Gasteiger partial charge in [0, 0.05) is 11.9 Å². The Morgan fingerprint density at radius 1 is 1.59 bits per heavy atom. The number of carboxylic acid groups (broad SMARTS) is 1. The maximum atomic E-state index is 11.8. The van der Waals surface area contributed by atoms with Gasteiger partial charge in [-0.05, 0) is 11.4 Å². The molecule has 1 aromatic heterocycles. The second-order valence-electron chi connectivity index (χ2n) is 3.59. The Balaban J connectivity index is 1.93. The summed E-state index contributed by atoms with van der Waals surface area (Å²) in [6, 6.07) is 1.50. The molecular weight excluding hydrogens is 244 g/mol. The molecule has 0 aromatic carbocycles. The van der Waals surface area contributed by atoms with Gasteiger partial charge in [-0.25, -0.2) is 9.59 Å². The van der Waals surface area contributed by atoms with Gasteiger partial charge >= 0.3 is 12.0 Å². The molecule has 0 bridgehead atoms. The number of ether oxygens (including phenoxy) is 1. The van der Waals surface area contributed by atoms with Crippen LogP contribution in [0.15, 0.2) is 16.8 Å². The molecule has 1 aliphatic rings. The van der Waals surface area contributed by atoms with Gasteiger partial charge < -0.3 is 20.1 Å². The number of thiophene rings is 1. The van der Waals surface area contributed by atoms with Crippen LogP contribution in [0.2, 0.25) is 0 Å². The van der Waals surface area contributed by atoms with Crippen molar-refractivity contribution in [3.8, 4) is 0 Å². The van der Waals surface area contributed by atoms with E-state index >= 15 is 0 Å². The Bertz CT molecular complexity index is 406.